The summed E-state index contributed by atoms with van der Waals surface area (Å²) in [6.45, 7) is 1.81. The fourth-order valence-corrected chi connectivity index (χ4v) is 3.61. The molecule has 1 fully saturated rings. The summed E-state index contributed by atoms with van der Waals surface area (Å²) in [4.78, 5) is 12.8. The van der Waals surface area contributed by atoms with E-state index in [0.29, 0.717) is 11.5 Å². The van der Waals surface area contributed by atoms with E-state index in [4.69, 9.17) is 4.42 Å². The van der Waals surface area contributed by atoms with Gasteiger partial charge in [-0.3, -0.25) is 4.79 Å². The highest BCUT2D eigenvalue weighted by molar-refractivity contribution is 5.97. The largest absolute Gasteiger partial charge is 0.463 e. The standard InChI is InChI=1S/C22H20N2O2/c1-16(20-13-8-14-26-20)23-24-21(25)19-15-22(19,17-9-4-2-5-10-17)18-11-6-3-7-12-18/h2-14,19H,15H2,1H3,(H,24,25)/b23-16-/t19-/m1/s1. The lowest BCUT2D eigenvalue weighted by Gasteiger charge is -2.18. The first-order valence-electron chi connectivity index (χ1n) is 8.71. The number of rotatable bonds is 5. The molecule has 0 unspecified atom stereocenters. The Balaban J connectivity index is 1.59. The van der Waals surface area contributed by atoms with Crippen LogP contribution in [0.3, 0.4) is 0 Å². The summed E-state index contributed by atoms with van der Waals surface area (Å²) in [5, 5.41) is 4.20. The van der Waals surface area contributed by atoms with E-state index < -0.39 is 0 Å². The van der Waals surface area contributed by atoms with Gasteiger partial charge in [0.1, 0.15) is 11.5 Å². The van der Waals surface area contributed by atoms with Gasteiger partial charge in [0.05, 0.1) is 12.2 Å². The van der Waals surface area contributed by atoms with Crippen molar-refractivity contribution in [3.05, 3.63) is 95.9 Å². The molecule has 0 bridgehead atoms. The van der Waals surface area contributed by atoms with Gasteiger partial charge in [0.2, 0.25) is 5.91 Å². The summed E-state index contributed by atoms with van der Waals surface area (Å²) < 4.78 is 5.30. The Bertz CT molecular complexity index is 876. The highest BCUT2D eigenvalue weighted by atomic mass is 16.3. The van der Waals surface area contributed by atoms with Gasteiger partial charge < -0.3 is 4.42 Å². The molecule has 26 heavy (non-hydrogen) atoms. The van der Waals surface area contributed by atoms with E-state index in [-0.39, 0.29) is 17.2 Å². The lowest BCUT2D eigenvalue weighted by molar-refractivity contribution is -0.122. The molecule has 130 valence electrons. The van der Waals surface area contributed by atoms with Crippen LogP contribution in [0.5, 0.6) is 0 Å². The average Bonchev–Trinajstić information content (AvgIpc) is 3.23. The molecule has 0 aliphatic heterocycles. The summed E-state index contributed by atoms with van der Waals surface area (Å²) in [7, 11) is 0. The molecule has 1 aliphatic carbocycles. The molecule has 1 amide bonds. The first-order valence-corrected chi connectivity index (χ1v) is 8.71. The molecular weight excluding hydrogens is 324 g/mol. The average molecular weight is 344 g/mol. The van der Waals surface area contributed by atoms with Crippen molar-refractivity contribution in [3.63, 3.8) is 0 Å². The van der Waals surface area contributed by atoms with Gasteiger partial charge in [-0.05, 0) is 36.6 Å². The van der Waals surface area contributed by atoms with Gasteiger partial charge in [-0.1, -0.05) is 60.7 Å². The van der Waals surface area contributed by atoms with Crippen molar-refractivity contribution >= 4 is 11.6 Å². The normalized spacial score (nSPS) is 18.3. The topological polar surface area (TPSA) is 54.6 Å². The molecule has 0 saturated heterocycles. The number of hydrazone groups is 1. The molecule has 1 aromatic heterocycles. The van der Waals surface area contributed by atoms with E-state index >= 15 is 0 Å². The zero-order chi connectivity index (χ0) is 18.0. The number of carbonyl (C=O) groups excluding carboxylic acids is 1. The quantitative estimate of drug-likeness (QED) is 0.559. The van der Waals surface area contributed by atoms with Crippen LogP contribution in [0.15, 0.2) is 88.6 Å². The maximum atomic E-state index is 12.8. The lowest BCUT2D eigenvalue weighted by Crippen LogP contribution is -2.26. The molecule has 1 aliphatic rings. The Morgan fingerprint density at radius 2 is 1.62 bits per heavy atom. The van der Waals surface area contributed by atoms with Gasteiger partial charge in [0.25, 0.3) is 0 Å². The fourth-order valence-electron chi connectivity index (χ4n) is 3.61. The minimum atomic E-state index is -0.277. The molecule has 4 rings (SSSR count). The second-order valence-corrected chi connectivity index (χ2v) is 6.61. The van der Waals surface area contributed by atoms with Crippen LogP contribution in [0.2, 0.25) is 0 Å². The van der Waals surface area contributed by atoms with E-state index in [0.717, 1.165) is 17.5 Å². The number of amides is 1. The summed E-state index contributed by atoms with van der Waals surface area (Å²) >= 11 is 0. The molecular formula is C22H20N2O2. The molecule has 1 saturated carbocycles. The molecule has 0 radical (unpaired) electrons. The number of hydrogen-bond acceptors (Lipinski definition) is 3. The summed E-state index contributed by atoms with van der Waals surface area (Å²) in [5.74, 6) is 0.447. The Morgan fingerprint density at radius 1 is 1.00 bits per heavy atom. The van der Waals surface area contributed by atoms with Gasteiger partial charge in [0.15, 0.2) is 0 Å². The Labute approximate surface area is 152 Å². The number of carbonyl (C=O) groups is 1. The predicted octanol–water partition coefficient (Wildman–Crippen LogP) is 4.13. The molecule has 3 aromatic rings. The van der Waals surface area contributed by atoms with Crippen LogP contribution in [0.4, 0.5) is 0 Å². The van der Waals surface area contributed by atoms with Crippen molar-refractivity contribution in [2.75, 3.05) is 0 Å². The van der Waals surface area contributed by atoms with Crippen molar-refractivity contribution in [2.24, 2.45) is 11.0 Å². The van der Waals surface area contributed by atoms with Crippen molar-refractivity contribution in [1.29, 1.82) is 0 Å². The highest BCUT2D eigenvalue weighted by Gasteiger charge is 2.60. The lowest BCUT2D eigenvalue weighted by atomic mass is 9.85. The molecule has 1 atom stereocenters. The third-order valence-corrected chi connectivity index (χ3v) is 5.07. The van der Waals surface area contributed by atoms with Gasteiger partial charge in [-0.2, -0.15) is 5.10 Å². The zero-order valence-corrected chi connectivity index (χ0v) is 14.6. The summed E-state index contributed by atoms with van der Waals surface area (Å²) in [6.07, 6.45) is 2.37. The summed E-state index contributed by atoms with van der Waals surface area (Å²) in [5.41, 5.74) is 5.42. The first kappa shape index (κ1) is 16.3. The van der Waals surface area contributed by atoms with Crippen LogP contribution >= 0.6 is 0 Å². The third kappa shape index (κ3) is 2.84. The number of nitrogens with one attached hydrogen (secondary N) is 1. The van der Waals surface area contributed by atoms with Crippen LogP contribution in [-0.2, 0) is 10.2 Å². The van der Waals surface area contributed by atoms with Crippen LogP contribution in [-0.4, -0.2) is 11.6 Å². The molecule has 1 N–H and O–H groups in total. The highest BCUT2D eigenvalue weighted by Crippen LogP contribution is 2.58. The smallest absolute Gasteiger partial charge is 0.244 e. The predicted molar refractivity (Wildman–Crippen MR) is 101 cm³/mol. The zero-order valence-electron chi connectivity index (χ0n) is 14.6. The van der Waals surface area contributed by atoms with Gasteiger partial charge in [0, 0.05) is 5.41 Å². The van der Waals surface area contributed by atoms with Crippen molar-refractivity contribution in [2.45, 2.75) is 18.8 Å². The maximum absolute atomic E-state index is 12.8. The van der Waals surface area contributed by atoms with Gasteiger partial charge in [-0.15, -0.1) is 0 Å². The van der Waals surface area contributed by atoms with Crippen molar-refractivity contribution in [3.8, 4) is 0 Å². The van der Waals surface area contributed by atoms with Crippen molar-refractivity contribution in [1.82, 2.24) is 5.43 Å². The minimum Gasteiger partial charge on any atom is -0.463 e. The van der Waals surface area contributed by atoms with Gasteiger partial charge >= 0.3 is 0 Å². The number of nitrogens with zero attached hydrogens (tertiary/aromatic N) is 1. The van der Waals surface area contributed by atoms with E-state index in [2.05, 4.69) is 34.8 Å². The molecule has 2 aromatic carbocycles. The summed E-state index contributed by atoms with van der Waals surface area (Å²) in [6, 6.07) is 24.1. The molecule has 1 heterocycles. The Morgan fingerprint density at radius 3 is 2.15 bits per heavy atom. The number of hydrogen-bond donors (Lipinski definition) is 1. The van der Waals surface area contributed by atoms with E-state index in [1.807, 2.05) is 49.4 Å². The SMILES string of the molecule is C/C(=N/NC(=O)[C@H]1CC1(c1ccccc1)c1ccccc1)c1ccco1. The fraction of sp³-hybridized carbons (Fsp3) is 0.182. The first-order chi connectivity index (χ1) is 12.7. The van der Waals surface area contributed by atoms with Crippen LogP contribution < -0.4 is 5.43 Å². The van der Waals surface area contributed by atoms with E-state index in [1.54, 1.807) is 12.3 Å². The Hall–Kier alpha value is -3.14. The van der Waals surface area contributed by atoms with Crippen molar-refractivity contribution < 1.29 is 9.21 Å². The number of benzene rings is 2. The second kappa shape index (κ2) is 6.64. The molecule has 4 heteroatoms. The molecule has 4 nitrogen and oxygen atoms in total. The third-order valence-electron chi connectivity index (χ3n) is 5.07. The van der Waals surface area contributed by atoms with Crippen LogP contribution in [0.1, 0.15) is 30.2 Å². The molecule has 0 spiro atoms. The Kier molecular flexibility index (Phi) is 4.17. The number of furan rings is 1. The second-order valence-electron chi connectivity index (χ2n) is 6.61. The monoisotopic (exact) mass is 344 g/mol. The van der Waals surface area contributed by atoms with Crippen LogP contribution in [0.25, 0.3) is 0 Å². The maximum Gasteiger partial charge on any atom is 0.244 e. The minimum absolute atomic E-state index is 0.0661. The van der Waals surface area contributed by atoms with Crippen LogP contribution in [0, 0.1) is 5.92 Å². The van der Waals surface area contributed by atoms with E-state index in [1.165, 1.54) is 0 Å². The van der Waals surface area contributed by atoms with Gasteiger partial charge in [-0.25, -0.2) is 5.43 Å². The van der Waals surface area contributed by atoms with E-state index in [9.17, 15) is 4.79 Å².